The van der Waals surface area contributed by atoms with Gasteiger partial charge in [0.25, 0.3) is 0 Å². The van der Waals surface area contributed by atoms with E-state index < -0.39 is 5.60 Å². The van der Waals surface area contributed by atoms with Crippen LogP contribution in [0.4, 0.5) is 0 Å². The predicted octanol–water partition coefficient (Wildman–Crippen LogP) is 3.49. The number of hydrogen-bond acceptors (Lipinski definition) is 4. The van der Waals surface area contributed by atoms with Crippen LogP contribution in [0.3, 0.4) is 0 Å². The van der Waals surface area contributed by atoms with Crippen LogP contribution in [0.5, 0.6) is 0 Å². The van der Waals surface area contributed by atoms with Crippen LogP contribution in [-0.2, 0) is 9.53 Å². The fourth-order valence-corrected chi connectivity index (χ4v) is 3.48. The highest BCUT2D eigenvalue weighted by Gasteiger charge is 2.33. The molecule has 1 aromatic carbocycles. The molecular formula is C14H18BrNO2S. The van der Waals surface area contributed by atoms with Gasteiger partial charge in [-0.25, -0.2) is 0 Å². The molecule has 1 N–H and O–H groups in total. The van der Waals surface area contributed by atoms with Crippen LogP contribution in [0, 0.1) is 0 Å². The second kappa shape index (κ2) is 5.85. The van der Waals surface area contributed by atoms with E-state index in [2.05, 4.69) is 33.4 Å². The first kappa shape index (κ1) is 14.9. The molecule has 1 aliphatic rings. The van der Waals surface area contributed by atoms with Crippen LogP contribution in [0.1, 0.15) is 31.7 Å². The van der Waals surface area contributed by atoms with E-state index >= 15 is 0 Å². The van der Waals surface area contributed by atoms with Crippen molar-refractivity contribution in [1.29, 1.82) is 0 Å². The quantitative estimate of drug-likeness (QED) is 0.834. The molecule has 5 heteroatoms. The van der Waals surface area contributed by atoms with Crippen LogP contribution in [0.15, 0.2) is 28.7 Å². The number of esters is 1. The summed E-state index contributed by atoms with van der Waals surface area (Å²) in [6.45, 7) is 5.66. The molecule has 2 rings (SSSR count). The van der Waals surface area contributed by atoms with E-state index in [1.54, 1.807) is 11.8 Å². The van der Waals surface area contributed by atoms with Gasteiger partial charge in [0.05, 0.1) is 5.37 Å². The summed E-state index contributed by atoms with van der Waals surface area (Å²) in [4.78, 5) is 12.0. The maximum atomic E-state index is 12.0. The molecule has 0 aromatic heterocycles. The standard InChI is InChI=1S/C14H18BrNO2S/c1-14(2,3)18-13(17)11-8-19-12(16-11)9-5-4-6-10(15)7-9/h4-7,11-12,16H,8H2,1-3H3. The molecule has 0 radical (unpaired) electrons. The average Bonchev–Trinajstić information content (AvgIpc) is 2.75. The lowest BCUT2D eigenvalue weighted by Gasteiger charge is -2.22. The summed E-state index contributed by atoms with van der Waals surface area (Å²) < 4.78 is 6.45. The number of carbonyl (C=O) groups is 1. The number of nitrogens with one attached hydrogen (secondary N) is 1. The second-order valence-corrected chi connectivity index (χ2v) is 7.57. The Balaban J connectivity index is 1.98. The molecule has 3 nitrogen and oxygen atoms in total. The molecule has 1 fully saturated rings. The Morgan fingerprint density at radius 3 is 2.84 bits per heavy atom. The second-order valence-electron chi connectivity index (χ2n) is 5.52. The van der Waals surface area contributed by atoms with Gasteiger partial charge in [-0.15, -0.1) is 11.8 Å². The fraction of sp³-hybridized carbons (Fsp3) is 0.500. The Kier molecular flexibility index (Phi) is 4.58. The number of rotatable bonds is 2. The maximum Gasteiger partial charge on any atom is 0.324 e. The van der Waals surface area contributed by atoms with Crippen molar-refractivity contribution in [3.63, 3.8) is 0 Å². The Labute approximate surface area is 126 Å². The number of ether oxygens (including phenoxy) is 1. The molecule has 0 amide bonds. The molecule has 1 heterocycles. The minimum absolute atomic E-state index is 0.148. The highest BCUT2D eigenvalue weighted by Crippen LogP contribution is 2.34. The van der Waals surface area contributed by atoms with E-state index in [4.69, 9.17) is 4.74 Å². The average molecular weight is 344 g/mol. The minimum Gasteiger partial charge on any atom is -0.459 e. The summed E-state index contributed by atoms with van der Waals surface area (Å²) in [7, 11) is 0. The van der Waals surface area contributed by atoms with Gasteiger partial charge in [0.2, 0.25) is 0 Å². The minimum atomic E-state index is -0.433. The van der Waals surface area contributed by atoms with Gasteiger partial charge < -0.3 is 4.74 Å². The van der Waals surface area contributed by atoms with Crippen LogP contribution in [0.25, 0.3) is 0 Å². The Morgan fingerprint density at radius 1 is 1.47 bits per heavy atom. The van der Waals surface area contributed by atoms with Gasteiger partial charge in [0.1, 0.15) is 11.6 Å². The number of hydrogen-bond donors (Lipinski definition) is 1. The van der Waals surface area contributed by atoms with Crippen molar-refractivity contribution < 1.29 is 9.53 Å². The summed E-state index contributed by atoms with van der Waals surface area (Å²) in [5.74, 6) is 0.573. The molecule has 0 aliphatic carbocycles. The zero-order valence-electron chi connectivity index (χ0n) is 11.3. The van der Waals surface area contributed by atoms with E-state index in [1.165, 1.54) is 5.56 Å². The van der Waals surface area contributed by atoms with Crippen molar-refractivity contribution in [1.82, 2.24) is 5.32 Å². The van der Waals surface area contributed by atoms with Crippen LogP contribution >= 0.6 is 27.7 Å². The molecule has 0 bridgehead atoms. The van der Waals surface area contributed by atoms with E-state index in [1.807, 2.05) is 32.9 Å². The smallest absolute Gasteiger partial charge is 0.324 e. The summed E-state index contributed by atoms with van der Waals surface area (Å²) in [6, 6.07) is 7.90. The molecule has 0 saturated carbocycles. The first-order chi connectivity index (χ1) is 8.85. The maximum absolute atomic E-state index is 12.0. The van der Waals surface area contributed by atoms with Crippen molar-refractivity contribution in [3.8, 4) is 0 Å². The first-order valence-electron chi connectivity index (χ1n) is 6.21. The third kappa shape index (κ3) is 4.23. The lowest BCUT2D eigenvalue weighted by atomic mass is 10.2. The van der Waals surface area contributed by atoms with E-state index in [0.717, 1.165) is 10.2 Å². The molecule has 2 atom stereocenters. The lowest BCUT2D eigenvalue weighted by molar-refractivity contribution is -0.156. The third-order valence-electron chi connectivity index (χ3n) is 2.62. The monoisotopic (exact) mass is 343 g/mol. The number of carbonyl (C=O) groups excluding carboxylic acids is 1. The highest BCUT2D eigenvalue weighted by molar-refractivity contribution is 9.10. The third-order valence-corrected chi connectivity index (χ3v) is 4.39. The van der Waals surface area contributed by atoms with Gasteiger partial charge in [-0.1, -0.05) is 28.1 Å². The molecule has 19 heavy (non-hydrogen) atoms. The normalized spacial score (nSPS) is 23.4. The van der Waals surface area contributed by atoms with Gasteiger partial charge in [-0.3, -0.25) is 10.1 Å². The largest absolute Gasteiger partial charge is 0.459 e. The molecule has 1 aromatic rings. The van der Waals surface area contributed by atoms with Gasteiger partial charge in [0, 0.05) is 10.2 Å². The van der Waals surface area contributed by atoms with Crippen molar-refractivity contribution >= 4 is 33.7 Å². The number of benzene rings is 1. The molecule has 2 unspecified atom stereocenters. The number of thioether (sulfide) groups is 1. The van der Waals surface area contributed by atoms with Gasteiger partial charge in [-0.05, 0) is 38.5 Å². The molecule has 104 valence electrons. The van der Waals surface area contributed by atoms with Crippen molar-refractivity contribution in [2.45, 2.75) is 37.8 Å². The SMILES string of the molecule is CC(C)(C)OC(=O)C1CSC(c2cccc(Br)c2)N1. The summed E-state index contributed by atoms with van der Waals surface area (Å²) in [5.41, 5.74) is 0.738. The zero-order valence-corrected chi connectivity index (χ0v) is 13.7. The molecule has 1 saturated heterocycles. The van der Waals surface area contributed by atoms with Gasteiger partial charge in [-0.2, -0.15) is 0 Å². The molecule has 1 aliphatic heterocycles. The Hall–Kier alpha value is -0.520. The van der Waals surface area contributed by atoms with Crippen LogP contribution in [-0.4, -0.2) is 23.4 Å². The summed E-state index contributed by atoms with van der Waals surface area (Å²) >= 11 is 5.20. The van der Waals surface area contributed by atoms with E-state index in [9.17, 15) is 4.79 Å². The summed E-state index contributed by atoms with van der Waals surface area (Å²) in [5, 5.41) is 3.47. The van der Waals surface area contributed by atoms with Gasteiger partial charge in [0.15, 0.2) is 0 Å². The van der Waals surface area contributed by atoms with Crippen molar-refractivity contribution in [2.24, 2.45) is 0 Å². The number of halogens is 1. The zero-order chi connectivity index (χ0) is 14.0. The van der Waals surface area contributed by atoms with Crippen LogP contribution < -0.4 is 5.32 Å². The molecule has 0 spiro atoms. The van der Waals surface area contributed by atoms with Crippen molar-refractivity contribution in [2.75, 3.05) is 5.75 Å². The Bertz CT molecular complexity index is 473. The topological polar surface area (TPSA) is 38.3 Å². The Morgan fingerprint density at radius 2 is 2.21 bits per heavy atom. The van der Waals surface area contributed by atoms with E-state index in [0.29, 0.717) is 0 Å². The lowest BCUT2D eigenvalue weighted by Crippen LogP contribution is -2.39. The predicted molar refractivity (Wildman–Crippen MR) is 82.1 cm³/mol. The first-order valence-corrected chi connectivity index (χ1v) is 8.05. The van der Waals surface area contributed by atoms with Crippen LogP contribution in [0.2, 0.25) is 0 Å². The van der Waals surface area contributed by atoms with Crippen molar-refractivity contribution in [3.05, 3.63) is 34.3 Å². The highest BCUT2D eigenvalue weighted by atomic mass is 79.9. The molecular weight excluding hydrogens is 326 g/mol. The fourth-order valence-electron chi connectivity index (χ4n) is 1.84. The van der Waals surface area contributed by atoms with Gasteiger partial charge >= 0.3 is 5.97 Å². The summed E-state index contributed by atoms with van der Waals surface area (Å²) in [6.07, 6.45) is 0. The van der Waals surface area contributed by atoms with E-state index in [-0.39, 0.29) is 17.4 Å².